The summed E-state index contributed by atoms with van der Waals surface area (Å²) in [7, 11) is 0. The summed E-state index contributed by atoms with van der Waals surface area (Å²) in [5.41, 5.74) is 1.09. The van der Waals surface area contributed by atoms with Crippen molar-refractivity contribution in [1.29, 1.82) is 0 Å². The first-order chi connectivity index (χ1) is 8.53. The zero-order chi connectivity index (χ0) is 13.2. The molecule has 1 aliphatic heterocycles. The Labute approximate surface area is 107 Å². The van der Waals surface area contributed by atoms with Gasteiger partial charge in [0.15, 0.2) is 0 Å². The van der Waals surface area contributed by atoms with Crippen molar-refractivity contribution in [2.45, 2.75) is 26.4 Å². The van der Waals surface area contributed by atoms with Crippen LogP contribution >= 0.6 is 0 Å². The average molecular weight is 248 g/mol. The normalized spacial score (nSPS) is 24.8. The van der Waals surface area contributed by atoms with Crippen LogP contribution in [0.1, 0.15) is 31.9 Å². The highest BCUT2D eigenvalue weighted by atomic mass is 16.3. The van der Waals surface area contributed by atoms with Gasteiger partial charge in [0.1, 0.15) is 0 Å². The number of carbonyl (C=O) groups is 1. The minimum atomic E-state index is -0.587. The number of aliphatic hydroxyl groups excluding tert-OH is 1. The molecule has 4 heteroatoms. The molecule has 98 valence electrons. The van der Waals surface area contributed by atoms with Gasteiger partial charge in [0, 0.05) is 17.8 Å². The second kappa shape index (κ2) is 5.08. The van der Waals surface area contributed by atoms with Crippen LogP contribution in [0.25, 0.3) is 0 Å². The van der Waals surface area contributed by atoms with E-state index in [0.717, 1.165) is 18.5 Å². The number of hydrogen-bond donors (Lipinski definition) is 3. The minimum absolute atomic E-state index is 0.0144. The van der Waals surface area contributed by atoms with Gasteiger partial charge < -0.3 is 15.7 Å². The van der Waals surface area contributed by atoms with Gasteiger partial charge in [-0.2, -0.15) is 0 Å². The van der Waals surface area contributed by atoms with Crippen LogP contribution in [0.3, 0.4) is 0 Å². The summed E-state index contributed by atoms with van der Waals surface area (Å²) in [6.45, 7) is 5.24. The lowest BCUT2D eigenvalue weighted by Crippen LogP contribution is -2.35. The summed E-state index contributed by atoms with van der Waals surface area (Å²) >= 11 is 0. The molecule has 18 heavy (non-hydrogen) atoms. The van der Waals surface area contributed by atoms with Crippen molar-refractivity contribution in [3.63, 3.8) is 0 Å². The molecule has 0 spiro atoms. The summed E-state index contributed by atoms with van der Waals surface area (Å²) < 4.78 is 0. The maximum absolute atomic E-state index is 12.3. The Morgan fingerprint density at radius 1 is 1.50 bits per heavy atom. The monoisotopic (exact) mass is 248 g/mol. The summed E-state index contributed by atoms with van der Waals surface area (Å²) in [6, 6.07) is 7.37. The van der Waals surface area contributed by atoms with E-state index < -0.39 is 6.10 Å². The van der Waals surface area contributed by atoms with Gasteiger partial charge in [-0.25, -0.2) is 0 Å². The molecule has 1 amide bonds. The number of hydrogen-bond acceptors (Lipinski definition) is 3. The Kier molecular flexibility index (Phi) is 3.68. The van der Waals surface area contributed by atoms with E-state index in [2.05, 4.69) is 10.6 Å². The number of aliphatic hydroxyl groups is 1. The molecule has 3 N–H and O–H groups in total. The summed E-state index contributed by atoms with van der Waals surface area (Å²) in [5.74, 6) is 0.0144. The Balaban J connectivity index is 2.16. The molecule has 1 saturated heterocycles. The van der Waals surface area contributed by atoms with E-state index >= 15 is 0 Å². The number of nitrogens with one attached hydrogen (secondary N) is 2. The van der Waals surface area contributed by atoms with E-state index in [1.54, 1.807) is 6.92 Å². The van der Waals surface area contributed by atoms with Crippen LogP contribution in [-0.2, 0) is 4.79 Å². The predicted molar refractivity (Wildman–Crippen MR) is 71.3 cm³/mol. The van der Waals surface area contributed by atoms with Gasteiger partial charge in [0.05, 0.1) is 11.5 Å². The van der Waals surface area contributed by atoms with Crippen LogP contribution in [0.2, 0.25) is 0 Å². The van der Waals surface area contributed by atoms with Crippen LogP contribution in [-0.4, -0.2) is 24.1 Å². The van der Waals surface area contributed by atoms with E-state index in [1.165, 1.54) is 0 Å². The zero-order valence-electron chi connectivity index (χ0n) is 10.9. The molecule has 0 bridgehead atoms. The second-order valence-corrected chi connectivity index (χ2v) is 5.20. The predicted octanol–water partition coefficient (Wildman–Crippen LogP) is 1.68. The number of benzene rings is 1. The van der Waals surface area contributed by atoms with Gasteiger partial charge in [0.2, 0.25) is 5.91 Å². The quantitative estimate of drug-likeness (QED) is 0.762. The molecule has 1 aromatic rings. The van der Waals surface area contributed by atoms with E-state index in [9.17, 15) is 9.90 Å². The number of carbonyl (C=O) groups excluding carboxylic acids is 1. The lowest BCUT2D eigenvalue weighted by Gasteiger charge is -2.23. The Bertz CT molecular complexity index is 437. The van der Waals surface area contributed by atoms with Gasteiger partial charge in [-0.3, -0.25) is 4.79 Å². The molecule has 1 aliphatic rings. The molecule has 2 rings (SSSR count). The summed E-state index contributed by atoms with van der Waals surface area (Å²) in [6.07, 6.45) is 0.256. The topological polar surface area (TPSA) is 61.4 Å². The smallest absolute Gasteiger partial charge is 0.231 e. The fraction of sp³-hybridized carbons (Fsp3) is 0.500. The third kappa shape index (κ3) is 2.54. The van der Waals surface area contributed by atoms with Gasteiger partial charge in [0.25, 0.3) is 0 Å². The maximum atomic E-state index is 12.3. The van der Waals surface area contributed by atoms with Crippen molar-refractivity contribution >= 4 is 11.6 Å². The van der Waals surface area contributed by atoms with Crippen molar-refractivity contribution < 1.29 is 9.90 Å². The molecule has 0 saturated carbocycles. The molecule has 4 nitrogen and oxygen atoms in total. The molecular formula is C14H20N2O2. The average Bonchev–Trinajstić information content (AvgIpc) is 2.78. The van der Waals surface area contributed by atoms with Crippen LogP contribution < -0.4 is 10.6 Å². The number of rotatable bonds is 3. The number of para-hydroxylation sites is 1. The van der Waals surface area contributed by atoms with Crippen LogP contribution in [0.4, 0.5) is 5.69 Å². The van der Waals surface area contributed by atoms with Gasteiger partial charge >= 0.3 is 0 Å². The van der Waals surface area contributed by atoms with E-state index in [0.29, 0.717) is 12.2 Å². The minimum Gasteiger partial charge on any atom is -0.389 e. The third-order valence-corrected chi connectivity index (χ3v) is 3.58. The standard InChI is InChI=1S/C14H20N2O2/c1-10(17)11-5-3-4-6-12(11)16-13(18)14(2)7-8-15-9-14/h3-6,10,15,17H,7-9H2,1-2H3,(H,16,18). The largest absolute Gasteiger partial charge is 0.389 e. The Hall–Kier alpha value is -1.39. The van der Waals surface area contributed by atoms with Crippen LogP contribution in [0, 0.1) is 5.41 Å². The zero-order valence-corrected chi connectivity index (χ0v) is 10.9. The fourth-order valence-electron chi connectivity index (χ4n) is 2.26. The highest BCUT2D eigenvalue weighted by Gasteiger charge is 2.36. The van der Waals surface area contributed by atoms with E-state index in [-0.39, 0.29) is 11.3 Å². The molecule has 2 unspecified atom stereocenters. The lowest BCUT2D eigenvalue weighted by molar-refractivity contribution is -0.123. The van der Waals surface area contributed by atoms with Crippen molar-refractivity contribution in [1.82, 2.24) is 5.32 Å². The van der Waals surface area contributed by atoms with Crippen molar-refractivity contribution in [3.05, 3.63) is 29.8 Å². The fourth-order valence-corrected chi connectivity index (χ4v) is 2.26. The van der Waals surface area contributed by atoms with Crippen molar-refractivity contribution in [3.8, 4) is 0 Å². The third-order valence-electron chi connectivity index (χ3n) is 3.58. The van der Waals surface area contributed by atoms with Gasteiger partial charge in [-0.15, -0.1) is 0 Å². The molecule has 1 fully saturated rings. The second-order valence-electron chi connectivity index (χ2n) is 5.20. The van der Waals surface area contributed by atoms with Gasteiger partial charge in [-0.05, 0) is 32.9 Å². The van der Waals surface area contributed by atoms with E-state index in [4.69, 9.17) is 0 Å². The van der Waals surface area contributed by atoms with Crippen LogP contribution in [0.5, 0.6) is 0 Å². The van der Waals surface area contributed by atoms with Crippen molar-refractivity contribution in [2.75, 3.05) is 18.4 Å². The molecule has 0 radical (unpaired) electrons. The van der Waals surface area contributed by atoms with Gasteiger partial charge in [-0.1, -0.05) is 18.2 Å². The highest BCUT2D eigenvalue weighted by Crippen LogP contribution is 2.28. The Morgan fingerprint density at radius 2 is 2.22 bits per heavy atom. The number of anilines is 1. The van der Waals surface area contributed by atoms with Crippen molar-refractivity contribution in [2.24, 2.45) is 5.41 Å². The SMILES string of the molecule is CC(O)c1ccccc1NC(=O)C1(C)CCNC1. The molecule has 1 aromatic carbocycles. The highest BCUT2D eigenvalue weighted by molar-refractivity contribution is 5.96. The first kappa shape index (κ1) is 13.1. The first-order valence-corrected chi connectivity index (χ1v) is 6.32. The van der Waals surface area contributed by atoms with Crippen LogP contribution in [0.15, 0.2) is 24.3 Å². The Morgan fingerprint density at radius 3 is 2.83 bits per heavy atom. The molecule has 1 heterocycles. The molecule has 2 atom stereocenters. The summed E-state index contributed by atoms with van der Waals surface area (Å²) in [4.78, 5) is 12.3. The maximum Gasteiger partial charge on any atom is 0.231 e. The lowest BCUT2D eigenvalue weighted by atomic mass is 9.88. The summed E-state index contributed by atoms with van der Waals surface area (Å²) in [5, 5.41) is 15.8. The molecule has 0 aliphatic carbocycles. The molecular weight excluding hydrogens is 228 g/mol. The first-order valence-electron chi connectivity index (χ1n) is 6.32. The number of amides is 1. The molecule has 0 aromatic heterocycles. The van der Waals surface area contributed by atoms with E-state index in [1.807, 2.05) is 31.2 Å².